The summed E-state index contributed by atoms with van der Waals surface area (Å²) in [6.45, 7) is 2.09. The third-order valence-corrected chi connectivity index (χ3v) is 7.31. The molecule has 0 amide bonds. The molecule has 2 aromatic heterocycles. The second-order valence-electron chi connectivity index (χ2n) is 9.45. The van der Waals surface area contributed by atoms with Gasteiger partial charge in [0.2, 0.25) is 5.69 Å². The fraction of sp³-hybridized carbons (Fsp3) is 0.0606. The highest BCUT2D eigenvalue weighted by Gasteiger charge is 2.23. The summed E-state index contributed by atoms with van der Waals surface area (Å²) in [5.41, 5.74) is 5.87. The van der Waals surface area contributed by atoms with Gasteiger partial charge in [-0.2, -0.15) is 0 Å². The highest BCUT2D eigenvalue weighted by Crippen LogP contribution is 2.42. The van der Waals surface area contributed by atoms with Crippen molar-refractivity contribution < 1.29 is 13.4 Å². The smallest absolute Gasteiger partial charge is 0.216 e. The number of nitrogens with zero attached hydrogens (tertiary/aromatic N) is 1. The molecule has 0 bridgehead atoms. The number of rotatable bonds is 2. The number of furan rings is 1. The summed E-state index contributed by atoms with van der Waals surface area (Å²) < 4.78 is 24.1. The molecule has 2 heterocycles. The first kappa shape index (κ1) is 20.8. The lowest BCUT2D eigenvalue weighted by Crippen LogP contribution is -2.30. The van der Waals surface area contributed by atoms with Gasteiger partial charge in [-0.05, 0) is 63.9 Å². The standard InChI is InChI=1S/C33H23FNO/c1-20-10-14-26-27-16-17-28(34)31(33(27)36-32(26)30(20)29-9-5-6-18-35(29)2)23-13-15-25-22(19-23)12-11-21-7-3-4-8-24(21)25/h3-19H,1-2H3/q+1. The molecule has 5 aromatic carbocycles. The monoisotopic (exact) mass is 468 g/mol. The van der Waals surface area contributed by atoms with Gasteiger partial charge in [-0.25, -0.2) is 8.96 Å². The zero-order chi connectivity index (χ0) is 24.4. The van der Waals surface area contributed by atoms with Gasteiger partial charge in [-0.1, -0.05) is 60.7 Å². The normalized spacial score (nSPS) is 11.8. The van der Waals surface area contributed by atoms with Crippen LogP contribution < -0.4 is 4.57 Å². The third kappa shape index (κ3) is 2.99. The maximum absolute atomic E-state index is 15.5. The van der Waals surface area contributed by atoms with E-state index in [9.17, 15) is 0 Å². The van der Waals surface area contributed by atoms with Crippen LogP contribution in [0.15, 0.2) is 108 Å². The zero-order valence-electron chi connectivity index (χ0n) is 20.0. The van der Waals surface area contributed by atoms with Crippen LogP contribution in [0.3, 0.4) is 0 Å². The number of hydrogen-bond acceptors (Lipinski definition) is 1. The molecule has 7 rings (SSSR count). The molecule has 36 heavy (non-hydrogen) atoms. The summed E-state index contributed by atoms with van der Waals surface area (Å²) in [4.78, 5) is 0. The molecule has 0 fully saturated rings. The average Bonchev–Trinajstić information content (AvgIpc) is 3.27. The van der Waals surface area contributed by atoms with Gasteiger partial charge in [0.1, 0.15) is 24.0 Å². The Morgan fingerprint density at radius 3 is 2.19 bits per heavy atom. The van der Waals surface area contributed by atoms with E-state index in [4.69, 9.17) is 4.42 Å². The van der Waals surface area contributed by atoms with Gasteiger partial charge in [0, 0.05) is 22.9 Å². The first-order valence-electron chi connectivity index (χ1n) is 12.1. The first-order valence-corrected chi connectivity index (χ1v) is 12.1. The summed E-state index contributed by atoms with van der Waals surface area (Å²) in [7, 11) is 2.03. The van der Waals surface area contributed by atoms with Gasteiger partial charge < -0.3 is 4.42 Å². The van der Waals surface area contributed by atoms with Gasteiger partial charge in [0.05, 0.1) is 11.1 Å². The number of benzene rings is 5. The predicted molar refractivity (Wildman–Crippen MR) is 145 cm³/mol. The minimum Gasteiger partial charge on any atom is -0.454 e. The van der Waals surface area contributed by atoms with Crippen LogP contribution in [-0.4, -0.2) is 0 Å². The van der Waals surface area contributed by atoms with E-state index in [0.717, 1.165) is 49.5 Å². The van der Waals surface area contributed by atoms with Crippen LogP contribution in [0.4, 0.5) is 4.39 Å². The highest BCUT2D eigenvalue weighted by molar-refractivity contribution is 6.14. The van der Waals surface area contributed by atoms with E-state index in [0.29, 0.717) is 11.1 Å². The molecular formula is C33H23FNO+. The molecule has 0 spiro atoms. The molecule has 172 valence electrons. The Kier molecular flexibility index (Phi) is 4.49. The Labute approximate surface area is 207 Å². The van der Waals surface area contributed by atoms with E-state index >= 15 is 4.39 Å². The van der Waals surface area contributed by atoms with E-state index in [1.165, 1.54) is 10.8 Å². The lowest BCUT2D eigenvalue weighted by Gasteiger charge is -2.08. The van der Waals surface area contributed by atoms with Crippen LogP contribution in [0.1, 0.15) is 5.56 Å². The van der Waals surface area contributed by atoms with Crippen molar-refractivity contribution in [2.75, 3.05) is 0 Å². The molecule has 0 radical (unpaired) electrons. The Hall–Kier alpha value is -4.50. The fourth-order valence-corrected chi connectivity index (χ4v) is 5.52. The lowest BCUT2D eigenvalue weighted by molar-refractivity contribution is -0.660. The maximum atomic E-state index is 15.5. The van der Waals surface area contributed by atoms with Crippen molar-refractivity contribution in [3.63, 3.8) is 0 Å². The van der Waals surface area contributed by atoms with Crippen LogP contribution in [-0.2, 0) is 7.05 Å². The van der Waals surface area contributed by atoms with E-state index in [2.05, 4.69) is 72.2 Å². The molecule has 3 heteroatoms. The number of fused-ring (bicyclic) bond motifs is 6. The minimum atomic E-state index is -0.287. The Morgan fingerprint density at radius 2 is 1.33 bits per heavy atom. The summed E-state index contributed by atoms with van der Waals surface area (Å²) in [6, 6.07) is 32.4. The van der Waals surface area contributed by atoms with Crippen LogP contribution >= 0.6 is 0 Å². The van der Waals surface area contributed by atoms with Crippen molar-refractivity contribution in [3.8, 4) is 22.4 Å². The van der Waals surface area contributed by atoms with Crippen LogP contribution in [0.2, 0.25) is 0 Å². The van der Waals surface area contributed by atoms with E-state index < -0.39 is 0 Å². The maximum Gasteiger partial charge on any atom is 0.216 e. The van der Waals surface area contributed by atoms with Gasteiger partial charge in [-0.3, -0.25) is 0 Å². The van der Waals surface area contributed by atoms with Crippen molar-refractivity contribution >= 4 is 43.5 Å². The number of pyridine rings is 1. The van der Waals surface area contributed by atoms with E-state index in [1.807, 2.05) is 43.6 Å². The molecule has 7 aromatic rings. The third-order valence-electron chi connectivity index (χ3n) is 7.31. The molecule has 0 aliphatic heterocycles. The number of hydrogen-bond donors (Lipinski definition) is 0. The molecule has 0 unspecified atom stereocenters. The second-order valence-corrected chi connectivity index (χ2v) is 9.45. The minimum absolute atomic E-state index is 0.287. The van der Waals surface area contributed by atoms with E-state index in [1.54, 1.807) is 6.07 Å². The summed E-state index contributed by atoms with van der Waals surface area (Å²) in [6.07, 6.45) is 2.03. The zero-order valence-corrected chi connectivity index (χ0v) is 20.0. The van der Waals surface area contributed by atoms with Crippen molar-refractivity contribution in [2.45, 2.75) is 6.92 Å². The van der Waals surface area contributed by atoms with Gasteiger partial charge in [0.15, 0.2) is 6.20 Å². The predicted octanol–water partition coefficient (Wildman–Crippen LogP) is 8.50. The molecule has 2 nitrogen and oxygen atoms in total. The van der Waals surface area contributed by atoms with Gasteiger partial charge in [-0.15, -0.1) is 0 Å². The molecule has 0 atom stereocenters. The van der Waals surface area contributed by atoms with Crippen molar-refractivity contribution in [1.82, 2.24) is 0 Å². The number of aryl methyl sites for hydroxylation is 2. The van der Waals surface area contributed by atoms with Gasteiger partial charge >= 0.3 is 0 Å². The quantitative estimate of drug-likeness (QED) is 0.184. The van der Waals surface area contributed by atoms with Crippen LogP contribution in [0.5, 0.6) is 0 Å². The molecule has 0 aliphatic rings. The Morgan fingerprint density at radius 1 is 0.639 bits per heavy atom. The summed E-state index contributed by atoms with van der Waals surface area (Å²) in [5.74, 6) is -0.287. The molecule has 0 saturated carbocycles. The molecular weight excluding hydrogens is 445 g/mol. The van der Waals surface area contributed by atoms with Crippen LogP contribution in [0.25, 0.3) is 65.9 Å². The van der Waals surface area contributed by atoms with Crippen molar-refractivity contribution in [1.29, 1.82) is 0 Å². The Bertz CT molecular complexity index is 1980. The molecule has 0 aliphatic carbocycles. The second kappa shape index (κ2) is 7.76. The summed E-state index contributed by atoms with van der Waals surface area (Å²) >= 11 is 0. The van der Waals surface area contributed by atoms with Gasteiger partial charge in [0.25, 0.3) is 0 Å². The fourth-order valence-electron chi connectivity index (χ4n) is 5.52. The topological polar surface area (TPSA) is 17.0 Å². The lowest BCUT2D eigenvalue weighted by atomic mass is 9.96. The van der Waals surface area contributed by atoms with Crippen LogP contribution in [0, 0.1) is 12.7 Å². The first-order chi connectivity index (χ1) is 17.6. The van der Waals surface area contributed by atoms with Crippen molar-refractivity contribution in [2.24, 2.45) is 7.05 Å². The molecule has 0 N–H and O–H groups in total. The SMILES string of the molecule is Cc1ccc2c(oc3c(-c4ccc5c(ccc6ccccc65)c4)c(F)ccc32)c1-c1cccc[n+]1C. The average molecular weight is 469 g/mol. The van der Waals surface area contributed by atoms with E-state index in [-0.39, 0.29) is 5.82 Å². The Balaban J connectivity index is 1.53. The summed E-state index contributed by atoms with van der Waals surface area (Å²) in [5, 5.41) is 6.53. The molecule has 0 saturated heterocycles. The highest BCUT2D eigenvalue weighted by atomic mass is 19.1. The largest absolute Gasteiger partial charge is 0.454 e. The van der Waals surface area contributed by atoms with Crippen molar-refractivity contribution in [3.05, 3.63) is 115 Å². The number of aromatic nitrogens is 1. The number of halogens is 1.